The highest BCUT2D eigenvalue weighted by molar-refractivity contribution is 8.06. The van der Waals surface area contributed by atoms with Gasteiger partial charge in [-0.2, -0.15) is 23.5 Å². The van der Waals surface area contributed by atoms with Crippen LogP contribution in [0.4, 0.5) is 0 Å². The molecule has 0 bridgehead atoms. The van der Waals surface area contributed by atoms with Crippen molar-refractivity contribution in [3.8, 4) is 0 Å². The fourth-order valence-corrected chi connectivity index (χ4v) is 4.87. The number of thioether (sulfide) groups is 2. The summed E-state index contributed by atoms with van der Waals surface area (Å²) in [6.45, 7) is 0.945. The van der Waals surface area contributed by atoms with Crippen molar-refractivity contribution in [2.75, 3.05) is 17.3 Å². The van der Waals surface area contributed by atoms with Crippen molar-refractivity contribution < 1.29 is 9.90 Å². The van der Waals surface area contributed by atoms with Gasteiger partial charge in [-0.25, -0.2) is 9.78 Å². The molecule has 1 aromatic heterocycles. The van der Waals surface area contributed by atoms with Gasteiger partial charge in [-0.1, -0.05) is 0 Å². The minimum Gasteiger partial charge on any atom is -0.478 e. The highest BCUT2D eigenvalue weighted by Gasteiger charge is 2.16. The molecule has 19 heavy (non-hydrogen) atoms. The summed E-state index contributed by atoms with van der Waals surface area (Å²) in [5.74, 6) is 2.73. The summed E-state index contributed by atoms with van der Waals surface area (Å²) >= 11 is 4.02. The van der Waals surface area contributed by atoms with Gasteiger partial charge in [0.2, 0.25) is 0 Å². The van der Waals surface area contributed by atoms with E-state index in [1.807, 2.05) is 35.9 Å². The van der Waals surface area contributed by atoms with Gasteiger partial charge in [0.05, 0.1) is 22.9 Å². The van der Waals surface area contributed by atoms with Gasteiger partial charge >= 0.3 is 5.97 Å². The maximum absolute atomic E-state index is 10.9. The molecular weight excluding hydrogens is 280 g/mol. The third-order valence-electron chi connectivity index (χ3n) is 3.15. The van der Waals surface area contributed by atoms with E-state index in [4.69, 9.17) is 5.11 Å². The predicted molar refractivity (Wildman–Crippen MR) is 80.3 cm³/mol. The van der Waals surface area contributed by atoms with Crippen LogP contribution in [0.2, 0.25) is 0 Å². The third kappa shape index (κ3) is 2.74. The molecule has 2 heterocycles. The Hall–Kier alpha value is -1.14. The Morgan fingerprint density at radius 2 is 2.37 bits per heavy atom. The Kier molecular flexibility index (Phi) is 3.70. The number of carboxylic acid groups (broad SMARTS) is 1. The van der Waals surface area contributed by atoms with Gasteiger partial charge in [-0.3, -0.25) is 0 Å². The molecule has 6 heteroatoms. The summed E-state index contributed by atoms with van der Waals surface area (Å²) in [6.07, 6.45) is 1.82. The molecule has 100 valence electrons. The molecule has 1 saturated heterocycles. The summed E-state index contributed by atoms with van der Waals surface area (Å²) in [7, 11) is 0. The van der Waals surface area contributed by atoms with Gasteiger partial charge in [-0.05, 0) is 18.2 Å². The Labute approximate surface area is 119 Å². The maximum Gasteiger partial charge on any atom is 0.335 e. The van der Waals surface area contributed by atoms with Gasteiger partial charge in [0.15, 0.2) is 0 Å². The third-order valence-corrected chi connectivity index (χ3v) is 5.98. The zero-order valence-corrected chi connectivity index (χ0v) is 11.9. The second-order valence-corrected chi connectivity index (χ2v) is 7.03. The van der Waals surface area contributed by atoms with Crippen LogP contribution in [0, 0.1) is 0 Å². The maximum atomic E-state index is 10.9. The zero-order chi connectivity index (χ0) is 13.2. The van der Waals surface area contributed by atoms with E-state index < -0.39 is 5.97 Å². The Bertz CT molecular complexity index is 606. The molecule has 1 aliphatic heterocycles. The van der Waals surface area contributed by atoms with Crippen molar-refractivity contribution in [3.63, 3.8) is 0 Å². The molecule has 3 rings (SSSR count). The molecule has 2 aromatic rings. The normalized spacial score (nSPS) is 19.7. The Morgan fingerprint density at radius 1 is 1.47 bits per heavy atom. The van der Waals surface area contributed by atoms with Crippen molar-refractivity contribution in [2.24, 2.45) is 0 Å². The van der Waals surface area contributed by atoms with Gasteiger partial charge in [0, 0.05) is 29.1 Å². The number of hydrogen-bond acceptors (Lipinski definition) is 4. The number of nitrogens with zero attached hydrogens (tertiary/aromatic N) is 2. The standard InChI is InChI=1S/C13H14N2O2S2/c16-13(17)9-1-2-12-11(5-9)14-8-15(12)6-10-7-18-3-4-19-10/h1-2,5,8,10H,3-4,6-7H2,(H,16,17). The van der Waals surface area contributed by atoms with Crippen LogP contribution >= 0.6 is 23.5 Å². The zero-order valence-electron chi connectivity index (χ0n) is 10.3. The van der Waals surface area contributed by atoms with E-state index in [9.17, 15) is 4.79 Å². The van der Waals surface area contributed by atoms with E-state index in [1.165, 1.54) is 17.3 Å². The highest BCUT2D eigenvalue weighted by atomic mass is 32.2. The molecular formula is C13H14N2O2S2. The van der Waals surface area contributed by atoms with Crippen molar-refractivity contribution in [1.82, 2.24) is 9.55 Å². The van der Waals surface area contributed by atoms with Crippen molar-refractivity contribution >= 4 is 40.5 Å². The Balaban J connectivity index is 1.86. The molecule has 0 amide bonds. The summed E-state index contributed by atoms with van der Waals surface area (Å²) in [5.41, 5.74) is 2.06. The number of carboxylic acids is 1. The predicted octanol–water partition coefficient (Wildman–Crippen LogP) is 2.58. The first-order valence-corrected chi connectivity index (χ1v) is 8.32. The minimum atomic E-state index is -0.907. The second kappa shape index (κ2) is 5.46. The lowest BCUT2D eigenvalue weighted by Crippen LogP contribution is -2.19. The average Bonchev–Trinajstić information content (AvgIpc) is 2.82. The number of benzene rings is 1. The molecule has 1 N–H and O–H groups in total. The number of aromatic nitrogens is 2. The molecule has 1 fully saturated rings. The first-order valence-electron chi connectivity index (χ1n) is 6.11. The van der Waals surface area contributed by atoms with Crippen LogP contribution in [0.15, 0.2) is 24.5 Å². The molecule has 4 nitrogen and oxygen atoms in total. The van der Waals surface area contributed by atoms with E-state index in [-0.39, 0.29) is 0 Å². The van der Waals surface area contributed by atoms with Gasteiger partial charge < -0.3 is 9.67 Å². The van der Waals surface area contributed by atoms with Gasteiger partial charge in [0.25, 0.3) is 0 Å². The van der Waals surface area contributed by atoms with E-state index in [1.54, 1.807) is 12.1 Å². The van der Waals surface area contributed by atoms with Crippen LogP contribution in [0.25, 0.3) is 11.0 Å². The molecule has 1 aliphatic rings. The smallest absolute Gasteiger partial charge is 0.335 e. The van der Waals surface area contributed by atoms with Crippen LogP contribution in [-0.2, 0) is 6.54 Å². The van der Waals surface area contributed by atoms with Gasteiger partial charge in [0.1, 0.15) is 0 Å². The lowest BCUT2D eigenvalue weighted by molar-refractivity contribution is 0.0697. The van der Waals surface area contributed by atoms with Crippen LogP contribution < -0.4 is 0 Å². The molecule has 0 spiro atoms. The quantitative estimate of drug-likeness (QED) is 0.943. The Morgan fingerprint density at radius 3 is 3.11 bits per heavy atom. The minimum absolute atomic E-state index is 0.292. The summed E-state index contributed by atoms with van der Waals surface area (Å²) in [6, 6.07) is 5.13. The highest BCUT2D eigenvalue weighted by Crippen LogP contribution is 2.26. The van der Waals surface area contributed by atoms with Crippen molar-refractivity contribution in [1.29, 1.82) is 0 Å². The largest absolute Gasteiger partial charge is 0.478 e. The second-order valence-electron chi connectivity index (χ2n) is 4.47. The monoisotopic (exact) mass is 294 g/mol. The van der Waals surface area contributed by atoms with Crippen LogP contribution in [0.5, 0.6) is 0 Å². The van der Waals surface area contributed by atoms with Crippen LogP contribution in [-0.4, -0.2) is 43.1 Å². The molecule has 1 unspecified atom stereocenters. The van der Waals surface area contributed by atoms with E-state index in [0.717, 1.165) is 17.6 Å². The first-order chi connectivity index (χ1) is 9.24. The number of hydrogen-bond donors (Lipinski definition) is 1. The topological polar surface area (TPSA) is 55.1 Å². The number of aromatic carboxylic acids is 1. The SMILES string of the molecule is O=C(O)c1ccc2c(c1)ncn2CC1CSCCS1. The number of imidazole rings is 1. The lowest BCUT2D eigenvalue weighted by Gasteiger charge is -2.21. The van der Waals surface area contributed by atoms with Gasteiger partial charge in [-0.15, -0.1) is 0 Å². The van der Waals surface area contributed by atoms with Crippen LogP contribution in [0.3, 0.4) is 0 Å². The van der Waals surface area contributed by atoms with E-state index >= 15 is 0 Å². The lowest BCUT2D eigenvalue weighted by atomic mass is 10.2. The molecule has 0 saturated carbocycles. The number of carbonyl (C=O) groups is 1. The molecule has 0 radical (unpaired) electrons. The van der Waals surface area contributed by atoms with E-state index in [0.29, 0.717) is 10.8 Å². The molecule has 0 aliphatic carbocycles. The average molecular weight is 294 g/mol. The first kappa shape index (κ1) is 12.9. The van der Waals surface area contributed by atoms with Crippen LogP contribution in [0.1, 0.15) is 10.4 Å². The summed E-state index contributed by atoms with van der Waals surface area (Å²) in [4.78, 5) is 15.2. The summed E-state index contributed by atoms with van der Waals surface area (Å²) in [5, 5.41) is 9.59. The summed E-state index contributed by atoms with van der Waals surface area (Å²) < 4.78 is 2.13. The number of rotatable bonds is 3. The van der Waals surface area contributed by atoms with E-state index in [2.05, 4.69) is 9.55 Å². The number of fused-ring (bicyclic) bond motifs is 1. The van der Waals surface area contributed by atoms with Crippen molar-refractivity contribution in [3.05, 3.63) is 30.1 Å². The fraction of sp³-hybridized carbons (Fsp3) is 0.385. The molecule has 1 aromatic carbocycles. The fourth-order valence-electron chi connectivity index (χ4n) is 2.20. The molecule has 1 atom stereocenters. The van der Waals surface area contributed by atoms with Crippen molar-refractivity contribution in [2.45, 2.75) is 11.8 Å².